The van der Waals surface area contributed by atoms with Crippen LogP contribution in [0, 0.1) is 6.92 Å². The largest absolute Gasteiger partial charge is 0.463 e. The number of aryl methyl sites for hydroxylation is 1. The van der Waals surface area contributed by atoms with E-state index in [0.717, 1.165) is 0 Å². The highest BCUT2D eigenvalue weighted by Gasteiger charge is 2.05. The van der Waals surface area contributed by atoms with Crippen molar-refractivity contribution in [3.05, 3.63) is 74.6 Å². The number of nitrogens with one attached hydrogen (secondary N) is 2. The summed E-state index contributed by atoms with van der Waals surface area (Å²) in [5.41, 5.74) is 0.133. The van der Waals surface area contributed by atoms with E-state index >= 15 is 0 Å². The second kappa shape index (κ2) is 6.33. The van der Waals surface area contributed by atoms with Gasteiger partial charge in [0.15, 0.2) is 5.43 Å². The summed E-state index contributed by atoms with van der Waals surface area (Å²) >= 11 is 0. The van der Waals surface area contributed by atoms with Crippen molar-refractivity contribution in [1.29, 1.82) is 0 Å². The molecule has 3 aromatic rings. The summed E-state index contributed by atoms with van der Waals surface area (Å²) in [5.74, 6) is 0.00783. The SMILES string of the molecule is Cc1nc(NC(=O)/C=C/c2coc3ccccc3c2=O)cc(=O)[nH]1. The number of rotatable bonds is 3. The summed E-state index contributed by atoms with van der Waals surface area (Å²) in [5, 5.41) is 2.90. The first kappa shape index (κ1) is 15.4. The smallest absolute Gasteiger partial charge is 0.252 e. The summed E-state index contributed by atoms with van der Waals surface area (Å²) in [6.45, 7) is 1.60. The lowest BCUT2D eigenvalue weighted by Crippen LogP contribution is -2.15. The molecule has 7 heteroatoms. The molecular formula is C17H13N3O4. The summed E-state index contributed by atoms with van der Waals surface area (Å²) in [6, 6.07) is 8.02. The van der Waals surface area contributed by atoms with Gasteiger partial charge in [0.1, 0.15) is 23.5 Å². The second-order valence-electron chi connectivity index (χ2n) is 5.05. The number of H-pyrrole nitrogens is 1. The van der Waals surface area contributed by atoms with E-state index in [4.69, 9.17) is 4.42 Å². The summed E-state index contributed by atoms with van der Waals surface area (Å²) in [4.78, 5) is 42.0. The van der Waals surface area contributed by atoms with Crippen LogP contribution in [0.3, 0.4) is 0 Å². The predicted molar refractivity (Wildman–Crippen MR) is 89.7 cm³/mol. The Morgan fingerprint density at radius 2 is 2.08 bits per heavy atom. The third-order valence-corrected chi connectivity index (χ3v) is 3.23. The number of carbonyl (C=O) groups excluding carboxylic acids is 1. The number of hydrogen-bond acceptors (Lipinski definition) is 5. The first-order chi connectivity index (χ1) is 11.5. The van der Waals surface area contributed by atoms with Gasteiger partial charge in [0.05, 0.1) is 10.9 Å². The van der Waals surface area contributed by atoms with Gasteiger partial charge in [-0.15, -0.1) is 0 Å². The van der Waals surface area contributed by atoms with Gasteiger partial charge in [0.25, 0.3) is 5.56 Å². The molecule has 2 aromatic heterocycles. The van der Waals surface area contributed by atoms with Crippen molar-refractivity contribution >= 4 is 28.8 Å². The molecular weight excluding hydrogens is 310 g/mol. The Morgan fingerprint density at radius 1 is 1.29 bits per heavy atom. The molecule has 7 nitrogen and oxygen atoms in total. The molecule has 2 N–H and O–H groups in total. The Morgan fingerprint density at radius 3 is 2.88 bits per heavy atom. The fourth-order valence-electron chi connectivity index (χ4n) is 2.18. The zero-order chi connectivity index (χ0) is 17.1. The lowest BCUT2D eigenvalue weighted by molar-refractivity contribution is -0.111. The second-order valence-corrected chi connectivity index (χ2v) is 5.05. The first-order valence-corrected chi connectivity index (χ1v) is 7.10. The van der Waals surface area contributed by atoms with Crippen LogP contribution in [0.2, 0.25) is 0 Å². The van der Waals surface area contributed by atoms with Crippen molar-refractivity contribution in [2.45, 2.75) is 6.92 Å². The first-order valence-electron chi connectivity index (χ1n) is 7.10. The van der Waals surface area contributed by atoms with Gasteiger partial charge in [-0.25, -0.2) is 4.98 Å². The van der Waals surface area contributed by atoms with Crippen LogP contribution >= 0.6 is 0 Å². The average molecular weight is 323 g/mol. The highest BCUT2D eigenvalue weighted by molar-refractivity contribution is 6.01. The van der Waals surface area contributed by atoms with E-state index in [9.17, 15) is 14.4 Å². The molecule has 0 unspecified atom stereocenters. The van der Waals surface area contributed by atoms with Crippen LogP contribution in [0.25, 0.3) is 17.0 Å². The van der Waals surface area contributed by atoms with E-state index in [1.165, 1.54) is 24.5 Å². The molecule has 0 fully saturated rings. The monoisotopic (exact) mass is 323 g/mol. The molecule has 1 amide bonds. The minimum atomic E-state index is -0.514. The van der Waals surface area contributed by atoms with Crippen molar-refractivity contribution in [3.8, 4) is 0 Å². The highest BCUT2D eigenvalue weighted by Crippen LogP contribution is 2.11. The van der Waals surface area contributed by atoms with Crippen molar-refractivity contribution in [1.82, 2.24) is 9.97 Å². The van der Waals surface area contributed by atoms with Crippen LogP contribution in [0.4, 0.5) is 5.82 Å². The molecule has 0 aliphatic heterocycles. The number of hydrogen-bond donors (Lipinski definition) is 2. The van der Waals surface area contributed by atoms with Crippen LogP contribution in [0.15, 0.2) is 56.7 Å². The topological polar surface area (TPSA) is 105 Å². The minimum absolute atomic E-state index is 0.136. The van der Waals surface area contributed by atoms with Gasteiger partial charge in [-0.1, -0.05) is 12.1 Å². The van der Waals surface area contributed by atoms with E-state index in [0.29, 0.717) is 16.8 Å². The minimum Gasteiger partial charge on any atom is -0.463 e. The Labute approximate surface area is 135 Å². The molecule has 1 aromatic carbocycles. The fraction of sp³-hybridized carbons (Fsp3) is 0.0588. The predicted octanol–water partition coefficient (Wildman–Crippen LogP) is 1.84. The van der Waals surface area contributed by atoms with Gasteiger partial charge in [0, 0.05) is 12.1 Å². The molecule has 120 valence electrons. The number of aromatic amines is 1. The van der Waals surface area contributed by atoms with E-state index in [-0.39, 0.29) is 22.4 Å². The Balaban J connectivity index is 1.83. The standard InChI is InChI=1S/C17H13N3O4/c1-10-18-14(8-16(22)19-10)20-15(21)7-6-11-9-24-13-5-3-2-4-12(13)17(11)23/h2-9H,1H3,(H2,18,19,20,21,22)/b7-6+. The number of amides is 1. The normalized spacial score (nSPS) is 11.0. The third kappa shape index (κ3) is 3.30. The lowest BCUT2D eigenvalue weighted by atomic mass is 10.1. The number of anilines is 1. The van der Waals surface area contributed by atoms with E-state index < -0.39 is 5.91 Å². The molecule has 0 aliphatic rings. The zero-order valence-corrected chi connectivity index (χ0v) is 12.7. The van der Waals surface area contributed by atoms with Crippen molar-refractivity contribution in [3.63, 3.8) is 0 Å². The van der Waals surface area contributed by atoms with Gasteiger partial charge in [-0.05, 0) is 25.1 Å². The molecule has 3 rings (SSSR count). The van der Waals surface area contributed by atoms with Gasteiger partial charge >= 0.3 is 0 Å². The Bertz CT molecular complexity index is 1060. The fourth-order valence-corrected chi connectivity index (χ4v) is 2.18. The maximum Gasteiger partial charge on any atom is 0.252 e. The number of para-hydroxylation sites is 1. The van der Waals surface area contributed by atoms with E-state index in [2.05, 4.69) is 15.3 Å². The Kier molecular flexibility index (Phi) is 4.07. The molecule has 0 saturated carbocycles. The number of nitrogens with zero attached hydrogens (tertiary/aromatic N) is 1. The molecule has 24 heavy (non-hydrogen) atoms. The number of benzene rings is 1. The van der Waals surface area contributed by atoms with Crippen LogP contribution in [-0.4, -0.2) is 15.9 Å². The quantitative estimate of drug-likeness (QED) is 0.716. The van der Waals surface area contributed by atoms with Gasteiger partial charge in [-0.2, -0.15) is 0 Å². The molecule has 0 aliphatic carbocycles. The van der Waals surface area contributed by atoms with E-state index in [1.807, 2.05) is 0 Å². The maximum absolute atomic E-state index is 12.3. The third-order valence-electron chi connectivity index (χ3n) is 3.23. The Hall–Kier alpha value is -3.48. The van der Waals surface area contributed by atoms with Crippen molar-refractivity contribution in [2.24, 2.45) is 0 Å². The summed E-state index contributed by atoms with van der Waals surface area (Å²) < 4.78 is 5.36. The van der Waals surface area contributed by atoms with Crippen LogP contribution in [0.5, 0.6) is 0 Å². The molecule has 2 heterocycles. The number of carbonyl (C=O) groups is 1. The lowest BCUT2D eigenvalue weighted by Gasteiger charge is -2.01. The van der Waals surface area contributed by atoms with Crippen molar-refractivity contribution in [2.75, 3.05) is 5.32 Å². The average Bonchev–Trinajstić information content (AvgIpc) is 2.53. The molecule has 0 atom stereocenters. The van der Waals surface area contributed by atoms with Crippen LogP contribution in [0.1, 0.15) is 11.4 Å². The summed E-state index contributed by atoms with van der Waals surface area (Å²) in [7, 11) is 0. The van der Waals surface area contributed by atoms with Gasteiger partial charge < -0.3 is 14.7 Å². The van der Waals surface area contributed by atoms with Crippen LogP contribution < -0.4 is 16.3 Å². The molecule has 0 spiro atoms. The van der Waals surface area contributed by atoms with Crippen molar-refractivity contribution < 1.29 is 9.21 Å². The molecule has 0 saturated heterocycles. The number of aromatic nitrogens is 2. The molecule has 0 bridgehead atoms. The van der Waals surface area contributed by atoms with Gasteiger partial charge in [-0.3, -0.25) is 14.4 Å². The summed E-state index contributed by atoms with van der Waals surface area (Å²) in [6.07, 6.45) is 3.83. The maximum atomic E-state index is 12.3. The highest BCUT2D eigenvalue weighted by atomic mass is 16.3. The van der Waals surface area contributed by atoms with Gasteiger partial charge in [0.2, 0.25) is 5.91 Å². The van der Waals surface area contributed by atoms with Crippen LogP contribution in [-0.2, 0) is 4.79 Å². The zero-order valence-electron chi connectivity index (χ0n) is 12.7. The number of fused-ring (bicyclic) bond motifs is 1. The van der Waals surface area contributed by atoms with E-state index in [1.54, 1.807) is 31.2 Å². The molecule has 0 radical (unpaired) electrons.